The first-order valence-corrected chi connectivity index (χ1v) is 13.8. The molecule has 2 unspecified atom stereocenters. The van der Waals surface area contributed by atoms with Gasteiger partial charge in [-0.3, -0.25) is 4.79 Å². The number of alkyl halides is 8. The van der Waals surface area contributed by atoms with Crippen molar-refractivity contribution in [2.75, 3.05) is 33.2 Å². The van der Waals surface area contributed by atoms with Crippen LogP contribution in [0.3, 0.4) is 0 Å². The first-order chi connectivity index (χ1) is 20.4. The minimum Gasteiger partial charge on any atom is -0.309 e. The van der Waals surface area contributed by atoms with Crippen molar-refractivity contribution >= 4 is 23.7 Å². The number of aldehydes is 1. The van der Waals surface area contributed by atoms with Crippen LogP contribution in [0.5, 0.6) is 0 Å². The van der Waals surface area contributed by atoms with Gasteiger partial charge < -0.3 is 15.1 Å². The van der Waals surface area contributed by atoms with Crippen LogP contribution in [-0.2, 0) is 13.1 Å². The van der Waals surface area contributed by atoms with Crippen molar-refractivity contribution in [1.82, 2.24) is 34.9 Å². The van der Waals surface area contributed by atoms with Crippen molar-refractivity contribution in [3.05, 3.63) is 58.4 Å². The fraction of sp³-hybridized carbons (Fsp3) is 0.538. The number of carbonyl (C=O) groups excluding carboxylic acids is 1. The predicted molar refractivity (Wildman–Crippen MR) is 144 cm³/mol. The third kappa shape index (κ3) is 8.44. The molecule has 2 atom stereocenters. The van der Waals surface area contributed by atoms with Crippen LogP contribution >= 0.6 is 11.6 Å². The van der Waals surface area contributed by atoms with Crippen molar-refractivity contribution in [3.63, 3.8) is 0 Å². The van der Waals surface area contributed by atoms with Crippen LogP contribution in [0.25, 0.3) is 0 Å². The lowest BCUT2D eigenvalue weighted by Gasteiger charge is -2.31. The highest BCUT2D eigenvalue weighted by Crippen LogP contribution is 2.38. The normalized spacial score (nSPS) is 21.1. The van der Waals surface area contributed by atoms with Gasteiger partial charge in [0, 0.05) is 43.7 Å². The Kier molecular flexibility index (Phi) is 9.90. The molecule has 1 N–H and O–H groups in total. The van der Waals surface area contributed by atoms with Crippen molar-refractivity contribution < 1.29 is 39.9 Å². The molecule has 3 aliphatic heterocycles. The maximum atomic E-state index is 14.0. The number of likely N-dealkylation sites (N-methyl/N-ethyl adjacent to an activating group) is 1. The fourth-order valence-electron chi connectivity index (χ4n) is 4.69. The molecule has 3 aliphatic rings. The molecule has 242 valence electrons. The van der Waals surface area contributed by atoms with Gasteiger partial charge >= 0.3 is 12.4 Å². The first kappa shape index (κ1) is 33.6. The SMILES string of the molecule is CC(F)(F)C1C=C2N(Cc3nc(C=O)n(CCC(F)(F)F)n3)N=C(c3ccc(Cl)cc3)N2C1.CN1CCNC(C(F)(F)F)C1. The van der Waals surface area contributed by atoms with Gasteiger partial charge in [-0.25, -0.2) is 23.5 Å². The quantitative estimate of drug-likeness (QED) is 0.340. The Morgan fingerprint density at radius 2 is 1.75 bits per heavy atom. The van der Waals surface area contributed by atoms with E-state index in [-0.39, 0.29) is 31.3 Å². The Bertz CT molecular complexity index is 1370. The molecule has 5 rings (SSSR count). The van der Waals surface area contributed by atoms with Crippen LogP contribution in [0.2, 0.25) is 5.02 Å². The Hall–Kier alpha value is -3.31. The molecular weight excluding hydrogens is 628 g/mol. The molecule has 0 aliphatic carbocycles. The molecule has 1 aromatic carbocycles. The number of nitrogens with one attached hydrogen (secondary N) is 1. The summed E-state index contributed by atoms with van der Waals surface area (Å²) in [5.41, 5.74) is 0.644. The third-order valence-corrected chi connectivity index (χ3v) is 7.27. The van der Waals surface area contributed by atoms with Gasteiger partial charge in [0.15, 0.2) is 23.8 Å². The zero-order chi connectivity index (χ0) is 32.4. The maximum absolute atomic E-state index is 14.0. The largest absolute Gasteiger partial charge is 0.405 e. The Balaban J connectivity index is 0.000000339. The molecule has 1 fully saturated rings. The number of hydrogen-bond donors (Lipinski definition) is 1. The minimum absolute atomic E-state index is 0.0101. The van der Waals surface area contributed by atoms with E-state index in [0.717, 1.165) is 11.6 Å². The number of benzene rings is 1. The Labute approximate surface area is 252 Å². The molecule has 9 nitrogen and oxygen atoms in total. The van der Waals surface area contributed by atoms with Crippen LogP contribution in [0, 0.1) is 5.92 Å². The van der Waals surface area contributed by atoms with Crippen molar-refractivity contribution in [3.8, 4) is 0 Å². The molecule has 2 aromatic rings. The van der Waals surface area contributed by atoms with Gasteiger partial charge in [0.05, 0.1) is 18.9 Å². The average Bonchev–Trinajstić information content (AvgIpc) is 3.62. The van der Waals surface area contributed by atoms with Gasteiger partial charge in [-0.15, -0.1) is 0 Å². The van der Waals surface area contributed by atoms with Crippen LogP contribution in [0.15, 0.2) is 41.3 Å². The summed E-state index contributed by atoms with van der Waals surface area (Å²) in [6.07, 6.45) is -7.99. The second-order valence-electron chi connectivity index (χ2n) is 10.6. The van der Waals surface area contributed by atoms with Gasteiger partial charge in [0.25, 0.3) is 5.92 Å². The summed E-state index contributed by atoms with van der Waals surface area (Å²) in [6, 6.07) is 5.35. The van der Waals surface area contributed by atoms with Gasteiger partial charge in [-0.2, -0.15) is 36.5 Å². The first-order valence-electron chi connectivity index (χ1n) is 13.4. The molecule has 0 saturated carbocycles. The van der Waals surface area contributed by atoms with E-state index in [2.05, 4.69) is 20.5 Å². The lowest BCUT2D eigenvalue weighted by Crippen LogP contribution is -2.55. The van der Waals surface area contributed by atoms with E-state index < -0.39 is 43.2 Å². The molecule has 1 aromatic heterocycles. The Morgan fingerprint density at radius 3 is 2.30 bits per heavy atom. The summed E-state index contributed by atoms with van der Waals surface area (Å²) in [6.45, 7) is 1.30. The molecule has 44 heavy (non-hydrogen) atoms. The summed E-state index contributed by atoms with van der Waals surface area (Å²) in [5.74, 6) is -3.48. The number of hydrogen-bond acceptors (Lipinski definition) is 8. The summed E-state index contributed by atoms with van der Waals surface area (Å²) < 4.78 is 103. The molecule has 0 radical (unpaired) electrons. The van der Waals surface area contributed by atoms with Gasteiger partial charge in [-0.1, -0.05) is 11.6 Å². The zero-order valence-electron chi connectivity index (χ0n) is 23.5. The highest BCUT2D eigenvalue weighted by atomic mass is 35.5. The van der Waals surface area contributed by atoms with E-state index in [4.69, 9.17) is 11.6 Å². The number of carbonyl (C=O) groups is 1. The number of aromatic nitrogens is 3. The van der Waals surface area contributed by atoms with Gasteiger partial charge in [0.2, 0.25) is 0 Å². The van der Waals surface area contributed by atoms with E-state index in [1.165, 1.54) is 11.1 Å². The Morgan fingerprint density at radius 1 is 1.07 bits per heavy atom. The van der Waals surface area contributed by atoms with Crippen LogP contribution in [0.4, 0.5) is 35.1 Å². The van der Waals surface area contributed by atoms with Crippen LogP contribution in [-0.4, -0.2) is 99.2 Å². The van der Waals surface area contributed by atoms with Crippen LogP contribution in [0.1, 0.15) is 35.4 Å². The van der Waals surface area contributed by atoms with Crippen LogP contribution < -0.4 is 5.32 Å². The standard InChI is InChI=1S/C20H18ClF5N6O.C6H11F3N2/c1-19(22,23)13-8-17-30(9-13)18(12-2-4-14(21)5-3-12)29-32(17)10-15-27-16(11-33)31(28-15)7-6-20(24,25)26;1-11-3-2-10-5(4-11)6(7,8)9/h2-5,8,11,13H,6-7,9-10H2,1H3;5,10H,2-4H2,1H3. The van der Waals surface area contributed by atoms with E-state index in [1.54, 1.807) is 41.1 Å². The number of halogens is 9. The summed E-state index contributed by atoms with van der Waals surface area (Å²) in [5, 5.41) is 12.8. The van der Waals surface area contributed by atoms with E-state index in [1.807, 2.05) is 0 Å². The molecule has 0 bridgehead atoms. The van der Waals surface area contributed by atoms with E-state index in [0.29, 0.717) is 41.6 Å². The number of aryl methyl sites for hydroxylation is 1. The van der Waals surface area contributed by atoms with Crippen molar-refractivity contribution in [1.29, 1.82) is 0 Å². The molecule has 4 heterocycles. The number of rotatable bonds is 7. The van der Waals surface area contributed by atoms with Crippen molar-refractivity contribution in [2.24, 2.45) is 11.0 Å². The molecular formula is C26H29ClF8N8O. The molecule has 18 heteroatoms. The minimum atomic E-state index is -4.42. The van der Waals surface area contributed by atoms with Gasteiger partial charge in [0.1, 0.15) is 18.4 Å². The second kappa shape index (κ2) is 13.0. The third-order valence-electron chi connectivity index (χ3n) is 7.02. The predicted octanol–water partition coefficient (Wildman–Crippen LogP) is 4.75. The summed E-state index contributed by atoms with van der Waals surface area (Å²) in [4.78, 5) is 18.5. The van der Waals surface area contributed by atoms with E-state index >= 15 is 0 Å². The van der Waals surface area contributed by atoms with Gasteiger partial charge in [-0.05, 0) is 37.4 Å². The monoisotopic (exact) mass is 656 g/mol. The zero-order valence-corrected chi connectivity index (χ0v) is 24.3. The number of hydrazone groups is 1. The smallest absolute Gasteiger partial charge is 0.309 e. The number of piperazine rings is 1. The number of amidine groups is 1. The average molecular weight is 657 g/mol. The second-order valence-corrected chi connectivity index (χ2v) is 11.0. The fourth-order valence-corrected chi connectivity index (χ4v) is 4.82. The summed E-state index contributed by atoms with van der Waals surface area (Å²) in [7, 11) is 1.69. The number of nitrogens with zero attached hydrogens (tertiary/aromatic N) is 7. The maximum Gasteiger partial charge on any atom is 0.405 e. The molecule has 0 amide bonds. The molecule has 0 spiro atoms. The number of fused-ring (bicyclic) bond motifs is 1. The topological polar surface area (TPSA) is 81.9 Å². The van der Waals surface area contributed by atoms with E-state index in [9.17, 15) is 39.9 Å². The lowest BCUT2D eigenvalue weighted by molar-refractivity contribution is -0.163. The van der Waals surface area contributed by atoms with Crippen molar-refractivity contribution in [2.45, 2.75) is 50.8 Å². The molecule has 1 saturated heterocycles. The lowest BCUT2D eigenvalue weighted by atomic mass is 10.0. The summed E-state index contributed by atoms with van der Waals surface area (Å²) >= 11 is 5.94. The highest BCUT2D eigenvalue weighted by Gasteiger charge is 2.45. The highest BCUT2D eigenvalue weighted by molar-refractivity contribution is 6.30.